The predicted octanol–water partition coefficient (Wildman–Crippen LogP) is 5.63. The van der Waals surface area contributed by atoms with Gasteiger partial charge in [0.1, 0.15) is 25.4 Å². The first kappa shape index (κ1) is 25.1. The number of ether oxygens (including phenoxy) is 4. The molecule has 0 aliphatic rings. The first-order valence-corrected chi connectivity index (χ1v) is 11.6. The van der Waals surface area contributed by atoms with E-state index in [2.05, 4.69) is 0 Å². The lowest BCUT2D eigenvalue weighted by Crippen LogP contribution is -2.11. The van der Waals surface area contributed by atoms with Gasteiger partial charge in [0, 0.05) is 0 Å². The smallest absolute Gasteiger partial charge is 0.162 e. The maximum Gasteiger partial charge on any atom is 0.162 e. The van der Waals surface area contributed by atoms with Crippen molar-refractivity contribution in [3.63, 3.8) is 0 Å². The van der Waals surface area contributed by atoms with Gasteiger partial charge in [-0.1, -0.05) is 72.8 Å². The van der Waals surface area contributed by atoms with Crippen LogP contribution in [0.25, 0.3) is 0 Å². The first-order valence-electron chi connectivity index (χ1n) is 11.6. The molecular formula is C30H30O6. The van der Waals surface area contributed by atoms with E-state index in [9.17, 15) is 10.2 Å². The van der Waals surface area contributed by atoms with Crippen LogP contribution < -0.4 is 18.9 Å². The van der Waals surface area contributed by atoms with E-state index >= 15 is 0 Å². The molecule has 0 saturated carbocycles. The summed E-state index contributed by atoms with van der Waals surface area (Å²) in [7, 11) is 3.12. The average molecular weight is 487 g/mol. The van der Waals surface area contributed by atoms with Crippen LogP contribution in [0.1, 0.15) is 34.5 Å². The highest BCUT2D eigenvalue weighted by molar-refractivity contribution is 5.46. The fraction of sp³-hybridized carbons (Fsp3) is 0.200. The fourth-order valence-corrected chi connectivity index (χ4v) is 3.82. The van der Waals surface area contributed by atoms with Crippen LogP contribution in [-0.2, 0) is 13.2 Å². The van der Waals surface area contributed by atoms with Crippen LogP contribution in [0.4, 0.5) is 0 Å². The molecule has 0 radical (unpaired) electrons. The highest BCUT2D eigenvalue weighted by Gasteiger charge is 2.23. The Labute approximate surface area is 211 Å². The van der Waals surface area contributed by atoms with Gasteiger partial charge in [0.25, 0.3) is 0 Å². The molecule has 0 amide bonds. The van der Waals surface area contributed by atoms with Crippen molar-refractivity contribution in [2.45, 2.75) is 25.4 Å². The molecule has 186 valence electrons. The largest absolute Gasteiger partial charge is 0.493 e. The summed E-state index contributed by atoms with van der Waals surface area (Å²) in [5, 5.41) is 22.0. The standard InChI is InChI=1S/C30H30O6/c1-33-25-15-13-23(17-27(25)35-19-21-9-5-3-6-10-21)29(31)30(32)24-14-16-26(34-2)28(18-24)36-20-22-11-7-4-8-12-22/h3-18,29-32H,19-20H2,1-2H3/t29-,30-/m0/s1. The van der Waals surface area contributed by atoms with Crippen molar-refractivity contribution in [1.82, 2.24) is 0 Å². The van der Waals surface area contributed by atoms with Gasteiger partial charge in [-0.2, -0.15) is 0 Å². The summed E-state index contributed by atoms with van der Waals surface area (Å²) in [6, 6.07) is 29.8. The maximum atomic E-state index is 11.0. The van der Waals surface area contributed by atoms with Gasteiger partial charge in [0.2, 0.25) is 0 Å². The van der Waals surface area contributed by atoms with Crippen LogP contribution in [0.3, 0.4) is 0 Å². The third kappa shape index (κ3) is 6.16. The van der Waals surface area contributed by atoms with Crippen LogP contribution in [-0.4, -0.2) is 24.4 Å². The molecule has 0 aliphatic heterocycles. The molecule has 0 heterocycles. The van der Waals surface area contributed by atoms with Crippen LogP contribution >= 0.6 is 0 Å². The molecule has 4 aromatic carbocycles. The fourth-order valence-electron chi connectivity index (χ4n) is 3.82. The van der Waals surface area contributed by atoms with E-state index < -0.39 is 12.2 Å². The van der Waals surface area contributed by atoms with Crippen molar-refractivity contribution in [2.24, 2.45) is 0 Å². The lowest BCUT2D eigenvalue weighted by atomic mass is 9.97. The van der Waals surface area contributed by atoms with E-state index in [1.54, 1.807) is 50.6 Å². The van der Waals surface area contributed by atoms with E-state index in [1.165, 1.54) is 0 Å². The molecule has 0 saturated heterocycles. The minimum absolute atomic E-state index is 0.347. The second-order valence-corrected chi connectivity index (χ2v) is 8.26. The molecule has 4 rings (SSSR count). The summed E-state index contributed by atoms with van der Waals surface area (Å²) in [5.74, 6) is 2.04. The third-order valence-corrected chi connectivity index (χ3v) is 5.83. The normalized spacial score (nSPS) is 12.4. The van der Waals surface area contributed by atoms with Gasteiger partial charge in [-0.05, 0) is 46.5 Å². The lowest BCUT2D eigenvalue weighted by Gasteiger charge is -2.21. The number of methoxy groups -OCH3 is 2. The third-order valence-electron chi connectivity index (χ3n) is 5.83. The van der Waals surface area contributed by atoms with Gasteiger partial charge < -0.3 is 29.2 Å². The zero-order chi connectivity index (χ0) is 25.3. The van der Waals surface area contributed by atoms with E-state index in [0.717, 1.165) is 11.1 Å². The minimum Gasteiger partial charge on any atom is -0.493 e. The number of aliphatic hydroxyl groups excluding tert-OH is 2. The minimum atomic E-state index is -1.20. The van der Waals surface area contributed by atoms with Crippen molar-refractivity contribution in [2.75, 3.05) is 14.2 Å². The monoisotopic (exact) mass is 486 g/mol. The molecular weight excluding hydrogens is 456 g/mol. The molecule has 0 unspecified atom stereocenters. The molecule has 2 N–H and O–H groups in total. The Bertz CT molecular complexity index is 1140. The Morgan fingerprint density at radius 3 is 1.28 bits per heavy atom. The van der Waals surface area contributed by atoms with Crippen molar-refractivity contribution in [1.29, 1.82) is 0 Å². The van der Waals surface area contributed by atoms with Crippen molar-refractivity contribution in [3.8, 4) is 23.0 Å². The molecule has 2 atom stereocenters. The molecule has 36 heavy (non-hydrogen) atoms. The van der Waals surface area contributed by atoms with Crippen LogP contribution in [0.5, 0.6) is 23.0 Å². The van der Waals surface area contributed by atoms with Gasteiger partial charge in [-0.3, -0.25) is 0 Å². The van der Waals surface area contributed by atoms with Crippen LogP contribution in [0.15, 0.2) is 97.1 Å². The zero-order valence-corrected chi connectivity index (χ0v) is 20.3. The Balaban J connectivity index is 1.52. The summed E-state index contributed by atoms with van der Waals surface area (Å²) in [6.45, 7) is 0.694. The lowest BCUT2D eigenvalue weighted by molar-refractivity contribution is 0.0169. The van der Waals surface area contributed by atoms with Crippen molar-refractivity contribution < 1.29 is 29.2 Å². The van der Waals surface area contributed by atoms with Crippen molar-refractivity contribution >= 4 is 0 Å². The highest BCUT2D eigenvalue weighted by atomic mass is 16.5. The number of rotatable bonds is 11. The molecule has 4 aromatic rings. The van der Waals surface area contributed by atoms with E-state index in [1.807, 2.05) is 60.7 Å². The second-order valence-electron chi connectivity index (χ2n) is 8.26. The van der Waals surface area contributed by atoms with E-state index in [4.69, 9.17) is 18.9 Å². The van der Waals surface area contributed by atoms with E-state index in [-0.39, 0.29) is 0 Å². The number of hydrogen-bond donors (Lipinski definition) is 2. The summed E-state index contributed by atoms with van der Waals surface area (Å²) >= 11 is 0. The maximum absolute atomic E-state index is 11.0. The highest BCUT2D eigenvalue weighted by Crippen LogP contribution is 2.38. The van der Waals surface area contributed by atoms with Crippen LogP contribution in [0.2, 0.25) is 0 Å². The van der Waals surface area contributed by atoms with Crippen LogP contribution in [0, 0.1) is 0 Å². The molecule has 6 heteroatoms. The molecule has 0 fully saturated rings. The molecule has 0 aromatic heterocycles. The van der Waals surface area contributed by atoms with Crippen molar-refractivity contribution in [3.05, 3.63) is 119 Å². The SMILES string of the molecule is COc1ccc([C@H](O)[C@@H](O)c2ccc(OC)c(OCc3ccccc3)c2)cc1OCc1ccccc1. The second kappa shape index (κ2) is 12.1. The number of benzene rings is 4. The van der Waals surface area contributed by atoms with Gasteiger partial charge in [-0.15, -0.1) is 0 Å². The summed E-state index contributed by atoms with van der Waals surface area (Å²) in [6.07, 6.45) is -2.41. The average Bonchev–Trinajstić information content (AvgIpc) is 2.95. The van der Waals surface area contributed by atoms with Gasteiger partial charge in [0.15, 0.2) is 23.0 Å². The first-order chi connectivity index (χ1) is 17.6. The summed E-state index contributed by atoms with van der Waals surface area (Å²) in [4.78, 5) is 0. The summed E-state index contributed by atoms with van der Waals surface area (Å²) in [5.41, 5.74) is 3.00. The van der Waals surface area contributed by atoms with Gasteiger partial charge in [-0.25, -0.2) is 0 Å². The molecule has 6 nitrogen and oxygen atoms in total. The molecule has 0 spiro atoms. The predicted molar refractivity (Wildman–Crippen MR) is 137 cm³/mol. The Kier molecular flexibility index (Phi) is 8.44. The van der Waals surface area contributed by atoms with Gasteiger partial charge in [0.05, 0.1) is 14.2 Å². The summed E-state index contributed by atoms with van der Waals surface area (Å²) < 4.78 is 22.8. The van der Waals surface area contributed by atoms with Gasteiger partial charge >= 0.3 is 0 Å². The zero-order valence-electron chi connectivity index (χ0n) is 20.3. The van der Waals surface area contributed by atoms with E-state index in [0.29, 0.717) is 47.3 Å². The Morgan fingerprint density at radius 1 is 0.528 bits per heavy atom. The number of hydrogen-bond acceptors (Lipinski definition) is 6. The molecule has 0 bridgehead atoms. The number of aliphatic hydroxyl groups is 2. The molecule has 0 aliphatic carbocycles. The topological polar surface area (TPSA) is 77.4 Å². The Morgan fingerprint density at radius 2 is 0.917 bits per heavy atom. The quantitative estimate of drug-likeness (QED) is 0.286. The Hall–Kier alpha value is -4.00.